The van der Waals surface area contributed by atoms with Crippen molar-refractivity contribution < 1.29 is 27.1 Å². The Morgan fingerprint density at radius 2 is 1.73 bits per heavy atom. The lowest BCUT2D eigenvalue weighted by Gasteiger charge is -2.24. The molecule has 2 aromatic carbocycles. The Bertz CT molecular complexity index is 1100. The fourth-order valence-corrected chi connectivity index (χ4v) is 4.32. The second-order valence-corrected chi connectivity index (χ2v) is 10.7. The largest absolute Gasteiger partial charge is 0.443 e. The second-order valence-electron chi connectivity index (χ2n) is 7.47. The van der Waals surface area contributed by atoms with Gasteiger partial charge in [-0.05, 0) is 56.7 Å². The van der Waals surface area contributed by atoms with E-state index in [9.17, 15) is 22.4 Å². The van der Waals surface area contributed by atoms with Crippen molar-refractivity contribution >= 4 is 49.4 Å². The Kier molecular flexibility index (Phi) is 7.32. The van der Waals surface area contributed by atoms with Crippen LogP contribution in [-0.2, 0) is 20.5 Å². The number of nitrogens with zero attached hydrogens (tertiary/aromatic N) is 1. The smallest absolute Gasteiger partial charge is 0.423 e. The summed E-state index contributed by atoms with van der Waals surface area (Å²) in [7, 11) is -2.89. The zero-order valence-corrected chi connectivity index (χ0v) is 19.9. The average Bonchev–Trinajstić information content (AvgIpc) is 2.58. The summed E-state index contributed by atoms with van der Waals surface area (Å²) < 4.78 is 44.3. The Morgan fingerprint density at radius 1 is 1.13 bits per heavy atom. The Labute approximate surface area is 188 Å². The van der Waals surface area contributed by atoms with Crippen LogP contribution in [0.2, 0.25) is 5.02 Å². The lowest BCUT2D eigenvalue weighted by molar-refractivity contribution is 0.0420. The second kappa shape index (κ2) is 9.03. The highest BCUT2D eigenvalue weighted by Gasteiger charge is 2.29. The number of benzene rings is 2. The molecule has 0 saturated heterocycles. The molecule has 0 fully saturated rings. The molecule has 0 aliphatic heterocycles. The SMILES string of the molecule is CN(C(=O)OC(C)(C)C)S(=O)(=O)Cc1ccc(C(=O)c2ccc(F)cc2Cl)c(Br)c1. The molecule has 2 aromatic rings. The van der Waals surface area contributed by atoms with Gasteiger partial charge in [0.05, 0.1) is 10.8 Å². The number of amides is 1. The van der Waals surface area contributed by atoms with Crippen molar-refractivity contribution in [1.29, 1.82) is 0 Å². The molecule has 0 radical (unpaired) electrons. The summed E-state index contributed by atoms with van der Waals surface area (Å²) in [4.78, 5) is 24.8. The van der Waals surface area contributed by atoms with Crippen LogP contribution in [0, 0.1) is 5.82 Å². The van der Waals surface area contributed by atoms with Crippen LogP contribution in [0.1, 0.15) is 42.3 Å². The standard InChI is InChI=1S/C20H20BrClFNO5S/c1-20(2,3)29-19(26)24(4)30(27,28)11-12-5-7-14(16(21)9-12)18(25)15-8-6-13(23)10-17(15)22/h5-10H,11H2,1-4H3. The first-order chi connectivity index (χ1) is 13.7. The van der Waals surface area contributed by atoms with Crippen molar-refractivity contribution in [3.05, 3.63) is 68.4 Å². The third kappa shape index (κ3) is 6.02. The van der Waals surface area contributed by atoms with E-state index in [1.807, 2.05) is 0 Å². The minimum absolute atomic E-state index is 0.0301. The molecule has 0 bridgehead atoms. The molecule has 1 amide bonds. The molecule has 0 unspecified atom stereocenters. The van der Waals surface area contributed by atoms with Crippen LogP contribution < -0.4 is 0 Å². The molecule has 0 spiro atoms. The van der Waals surface area contributed by atoms with Gasteiger partial charge in [-0.25, -0.2) is 21.9 Å². The van der Waals surface area contributed by atoms with Crippen molar-refractivity contribution in [1.82, 2.24) is 4.31 Å². The normalized spacial score (nSPS) is 11.8. The minimum Gasteiger partial charge on any atom is -0.443 e. The first kappa shape index (κ1) is 24.3. The minimum atomic E-state index is -4.01. The zero-order valence-electron chi connectivity index (χ0n) is 16.7. The summed E-state index contributed by atoms with van der Waals surface area (Å²) >= 11 is 9.21. The van der Waals surface area contributed by atoms with Crippen LogP contribution in [0.3, 0.4) is 0 Å². The van der Waals surface area contributed by atoms with E-state index < -0.39 is 39.1 Å². The maximum absolute atomic E-state index is 13.2. The summed E-state index contributed by atoms with van der Waals surface area (Å²) in [6.45, 7) is 4.89. The van der Waals surface area contributed by atoms with Gasteiger partial charge < -0.3 is 4.74 Å². The van der Waals surface area contributed by atoms with Gasteiger partial charge in [0.1, 0.15) is 11.4 Å². The predicted molar refractivity (Wildman–Crippen MR) is 116 cm³/mol. The molecule has 0 heterocycles. The van der Waals surface area contributed by atoms with Gasteiger partial charge >= 0.3 is 6.09 Å². The van der Waals surface area contributed by atoms with Gasteiger partial charge in [-0.15, -0.1) is 0 Å². The van der Waals surface area contributed by atoms with E-state index in [0.29, 0.717) is 14.3 Å². The number of carbonyl (C=O) groups excluding carboxylic acids is 2. The van der Waals surface area contributed by atoms with Gasteiger partial charge in [-0.3, -0.25) is 4.79 Å². The Morgan fingerprint density at radius 3 is 2.27 bits per heavy atom. The van der Waals surface area contributed by atoms with E-state index in [-0.39, 0.29) is 16.1 Å². The maximum atomic E-state index is 13.2. The molecule has 10 heteroatoms. The van der Waals surface area contributed by atoms with E-state index in [1.54, 1.807) is 20.8 Å². The van der Waals surface area contributed by atoms with Crippen molar-refractivity contribution in [3.8, 4) is 0 Å². The number of carbonyl (C=O) groups is 2. The fourth-order valence-electron chi connectivity index (χ4n) is 2.40. The van der Waals surface area contributed by atoms with Crippen LogP contribution in [0.15, 0.2) is 40.9 Å². The molecule has 0 aliphatic rings. The lowest BCUT2D eigenvalue weighted by atomic mass is 10.0. The van der Waals surface area contributed by atoms with E-state index in [2.05, 4.69) is 15.9 Å². The summed E-state index contributed by atoms with van der Waals surface area (Å²) in [6, 6.07) is 7.79. The molecule has 30 heavy (non-hydrogen) atoms. The number of ketones is 1. The average molecular weight is 521 g/mol. The summed E-state index contributed by atoms with van der Waals surface area (Å²) in [5.74, 6) is -1.50. The molecule has 0 aromatic heterocycles. The Hall–Kier alpha value is -1.97. The predicted octanol–water partition coefficient (Wildman–Crippen LogP) is 5.17. The van der Waals surface area contributed by atoms with E-state index in [4.69, 9.17) is 16.3 Å². The van der Waals surface area contributed by atoms with Crippen LogP contribution >= 0.6 is 27.5 Å². The molecule has 6 nitrogen and oxygen atoms in total. The van der Waals surface area contributed by atoms with Crippen LogP contribution in [0.5, 0.6) is 0 Å². The van der Waals surface area contributed by atoms with Crippen LogP contribution in [0.25, 0.3) is 0 Å². The van der Waals surface area contributed by atoms with Gasteiger partial charge in [0.2, 0.25) is 10.0 Å². The number of ether oxygens (including phenoxy) is 1. The number of hydrogen-bond donors (Lipinski definition) is 0. The summed E-state index contributed by atoms with van der Waals surface area (Å²) in [5, 5.41) is -0.0301. The van der Waals surface area contributed by atoms with Crippen molar-refractivity contribution in [2.24, 2.45) is 0 Å². The molecule has 0 aliphatic carbocycles. The monoisotopic (exact) mass is 519 g/mol. The highest BCUT2D eigenvalue weighted by molar-refractivity contribution is 9.10. The van der Waals surface area contributed by atoms with E-state index in [1.165, 1.54) is 24.3 Å². The molecular weight excluding hydrogens is 501 g/mol. The summed E-state index contributed by atoms with van der Waals surface area (Å²) in [6.07, 6.45) is -0.987. The van der Waals surface area contributed by atoms with Crippen LogP contribution in [0.4, 0.5) is 9.18 Å². The van der Waals surface area contributed by atoms with Crippen molar-refractivity contribution in [2.45, 2.75) is 32.1 Å². The molecule has 162 valence electrons. The van der Waals surface area contributed by atoms with Crippen molar-refractivity contribution in [2.75, 3.05) is 7.05 Å². The van der Waals surface area contributed by atoms with E-state index >= 15 is 0 Å². The quantitative estimate of drug-likeness (QED) is 0.508. The van der Waals surface area contributed by atoms with E-state index in [0.717, 1.165) is 19.2 Å². The molecule has 0 atom stereocenters. The Balaban J connectivity index is 2.24. The number of sulfonamides is 1. The van der Waals surface area contributed by atoms with Gasteiger partial charge in [0, 0.05) is 22.6 Å². The lowest BCUT2D eigenvalue weighted by Crippen LogP contribution is -2.38. The number of halogens is 3. The first-order valence-corrected chi connectivity index (χ1v) is 11.5. The third-order valence-corrected chi connectivity index (χ3v) is 6.52. The molecule has 2 rings (SSSR count). The third-order valence-electron chi connectivity index (χ3n) is 3.87. The van der Waals surface area contributed by atoms with Gasteiger partial charge in [0.25, 0.3) is 0 Å². The summed E-state index contributed by atoms with van der Waals surface area (Å²) in [5.41, 5.74) is -0.152. The molecule has 0 saturated carbocycles. The van der Waals surface area contributed by atoms with Gasteiger partial charge in [0.15, 0.2) is 5.78 Å². The topological polar surface area (TPSA) is 80.8 Å². The highest BCUT2D eigenvalue weighted by Crippen LogP contribution is 2.27. The number of hydrogen-bond acceptors (Lipinski definition) is 5. The van der Waals surface area contributed by atoms with Crippen molar-refractivity contribution in [3.63, 3.8) is 0 Å². The fraction of sp³-hybridized carbons (Fsp3) is 0.300. The first-order valence-electron chi connectivity index (χ1n) is 8.69. The highest BCUT2D eigenvalue weighted by atomic mass is 79.9. The molecule has 0 N–H and O–H groups in total. The molecular formula is C20H20BrClFNO5S. The van der Waals surface area contributed by atoms with Gasteiger partial charge in [-0.2, -0.15) is 0 Å². The maximum Gasteiger partial charge on any atom is 0.423 e. The number of rotatable bonds is 5. The van der Waals surface area contributed by atoms with Gasteiger partial charge in [-0.1, -0.05) is 33.6 Å². The van der Waals surface area contributed by atoms with Crippen LogP contribution in [-0.4, -0.2) is 37.2 Å². The zero-order chi connectivity index (χ0) is 22.9.